The third-order valence-corrected chi connectivity index (χ3v) is 4.32. The molecule has 1 fully saturated rings. The molecule has 1 N–H and O–H groups in total. The highest BCUT2D eigenvalue weighted by Gasteiger charge is 2.16. The summed E-state index contributed by atoms with van der Waals surface area (Å²) in [5, 5.41) is 14.3. The number of hydrogen-bond acceptors (Lipinski definition) is 4. The zero-order chi connectivity index (χ0) is 15.6. The van der Waals surface area contributed by atoms with Crippen molar-refractivity contribution in [3.8, 4) is 22.9 Å². The molecule has 0 saturated heterocycles. The fourth-order valence-corrected chi connectivity index (χ4v) is 3.14. The normalized spacial score (nSPS) is 15.8. The van der Waals surface area contributed by atoms with Gasteiger partial charge in [0.25, 0.3) is 0 Å². The average molecular weight is 309 g/mol. The SMILES string of the molecule is Oc1cccc(-c2cnc3ccc(OC4CCCCC4)nn23)c1. The number of aromatic hydroxyl groups is 1. The summed E-state index contributed by atoms with van der Waals surface area (Å²) in [6, 6.07) is 10.9. The Morgan fingerprint density at radius 3 is 2.78 bits per heavy atom. The average Bonchev–Trinajstić information content (AvgIpc) is 2.99. The first-order chi connectivity index (χ1) is 11.3. The summed E-state index contributed by atoms with van der Waals surface area (Å²) in [5.74, 6) is 0.857. The number of phenolic OH excluding ortho intramolecular Hbond substituents is 1. The molecule has 0 aliphatic heterocycles. The first kappa shape index (κ1) is 14.1. The van der Waals surface area contributed by atoms with Gasteiger partial charge < -0.3 is 9.84 Å². The van der Waals surface area contributed by atoms with Crippen LogP contribution in [0, 0.1) is 0 Å². The van der Waals surface area contributed by atoms with E-state index >= 15 is 0 Å². The molecule has 118 valence electrons. The summed E-state index contributed by atoms with van der Waals surface area (Å²) in [6.07, 6.45) is 7.99. The van der Waals surface area contributed by atoms with E-state index < -0.39 is 0 Å². The Kier molecular flexibility index (Phi) is 3.61. The monoisotopic (exact) mass is 309 g/mol. The summed E-state index contributed by atoms with van der Waals surface area (Å²) in [7, 11) is 0. The molecule has 2 aromatic heterocycles. The molecule has 5 heteroatoms. The van der Waals surface area contributed by atoms with Crippen molar-refractivity contribution in [3.05, 3.63) is 42.6 Å². The van der Waals surface area contributed by atoms with Crippen LogP contribution in [0.15, 0.2) is 42.6 Å². The third kappa shape index (κ3) is 2.86. The van der Waals surface area contributed by atoms with Gasteiger partial charge >= 0.3 is 0 Å². The lowest BCUT2D eigenvalue weighted by atomic mass is 9.98. The molecular weight excluding hydrogens is 290 g/mol. The van der Waals surface area contributed by atoms with Crippen LogP contribution in [0.3, 0.4) is 0 Å². The molecule has 1 aromatic carbocycles. The number of rotatable bonds is 3. The molecule has 0 amide bonds. The van der Waals surface area contributed by atoms with Gasteiger partial charge in [-0.2, -0.15) is 0 Å². The van der Waals surface area contributed by atoms with Crippen LogP contribution in [0.4, 0.5) is 0 Å². The first-order valence-electron chi connectivity index (χ1n) is 8.10. The molecule has 3 aromatic rings. The number of nitrogens with zero attached hydrogens (tertiary/aromatic N) is 3. The van der Waals surface area contributed by atoms with Gasteiger partial charge in [0.15, 0.2) is 5.65 Å². The number of imidazole rings is 1. The number of aromatic nitrogens is 3. The molecule has 5 nitrogen and oxygen atoms in total. The Bertz CT molecular complexity index is 822. The van der Waals surface area contributed by atoms with Gasteiger partial charge in [0.2, 0.25) is 5.88 Å². The van der Waals surface area contributed by atoms with Crippen LogP contribution >= 0.6 is 0 Å². The number of fused-ring (bicyclic) bond motifs is 1. The van der Waals surface area contributed by atoms with E-state index in [1.807, 2.05) is 24.3 Å². The molecule has 1 aliphatic rings. The molecule has 1 aliphatic carbocycles. The minimum Gasteiger partial charge on any atom is -0.508 e. The van der Waals surface area contributed by atoms with E-state index in [0.717, 1.165) is 29.7 Å². The number of phenols is 1. The molecule has 23 heavy (non-hydrogen) atoms. The molecule has 0 unspecified atom stereocenters. The number of ether oxygens (including phenoxy) is 1. The maximum absolute atomic E-state index is 9.68. The van der Waals surface area contributed by atoms with Crippen LogP contribution in [0.25, 0.3) is 16.9 Å². The lowest BCUT2D eigenvalue weighted by Gasteiger charge is -2.22. The molecule has 1 saturated carbocycles. The van der Waals surface area contributed by atoms with Gasteiger partial charge in [-0.15, -0.1) is 5.10 Å². The Morgan fingerprint density at radius 2 is 1.96 bits per heavy atom. The maximum atomic E-state index is 9.68. The fraction of sp³-hybridized carbons (Fsp3) is 0.333. The summed E-state index contributed by atoms with van der Waals surface area (Å²) < 4.78 is 7.81. The van der Waals surface area contributed by atoms with Gasteiger partial charge in [-0.05, 0) is 43.9 Å². The quantitative estimate of drug-likeness (QED) is 0.799. The highest BCUT2D eigenvalue weighted by atomic mass is 16.5. The van der Waals surface area contributed by atoms with Crippen molar-refractivity contribution in [1.29, 1.82) is 0 Å². The van der Waals surface area contributed by atoms with E-state index in [1.165, 1.54) is 19.3 Å². The lowest BCUT2D eigenvalue weighted by molar-refractivity contribution is 0.147. The summed E-state index contributed by atoms with van der Waals surface area (Å²) in [5.41, 5.74) is 2.48. The van der Waals surface area contributed by atoms with Gasteiger partial charge in [0.1, 0.15) is 11.9 Å². The highest BCUT2D eigenvalue weighted by molar-refractivity contribution is 5.64. The topological polar surface area (TPSA) is 59.7 Å². The van der Waals surface area contributed by atoms with E-state index in [4.69, 9.17) is 4.74 Å². The zero-order valence-electron chi connectivity index (χ0n) is 12.9. The van der Waals surface area contributed by atoms with Gasteiger partial charge in [0.05, 0.1) is 11.9 Å². The van der Waals surface area contributed by atoms with Gasteiger partial charge in [-0.1, -0.05) is 18.6 Å². The van der Waals surface area contributed by atoms with Crippen molar-refractivity contribution < 1.29 is 9.84 Å². The van der Waals surface area contributed by atoms with Crippen LogP contribution in [-0.4, -0.2) is 25.8 Å². The summed E-state index contributed by atoms with van der Waals surface area (Å²) in [6.45, 7) is 0. The largest absolute Gasteiger partial charge is 0.508 e. The van der Waals surface area contributed by atoms with E-state index in [-0.39, 0.29) is 11.9 Å². The molecule has 0 atom stereocenters. The van der Waals surface area contributed by atoms with E-state index in [9.17, 15) is 5.11 Å². The predicted octanol–water partition coefficient (Wildman–Crippen LogP) is 3.81. The Hall–Kier alpha value is -2.56. The zero-order valence-corrected chi connectivity index (χ0v) is 12.9. The van der Waals surface area contributed by atoms with Crippen molar-refractivity contribution in [3.63, 3.8) is 0 Å². The molecular formula is C18H19N3O2. The standard InChI is InChI=1S/C18H19N3O2/c22-14-6-4-5-13(11-14)16-12-19-17-9-10-18(20-21(16)17)23-15-7-2-1-3-8-15/h4-6,9-12,15,22H,1-3,7-8H2. The second-order valence-electron chi connectivity index (χ2n) is 6.01. The molecule has 0 spiro atoms. The Balaban J connectivity index is 1.68. The third-order valence-electron chi connectivity index (χ3n) is 4.32. The van der Waals surface area contributed by atoms with Crippen LogP contribution in [0.5, 0.6) is 11.6 Å². The van der Waals surface area contributed by atoms with E-state index in [2.05, 4.69) is 10.1 Å². The minimum atomic E-state index is 0.229. The maximum Gasteiger partial charge on any atom is 0.232 e. The van der Waals surface area contributed by atoms with Crippen molar-refractivity contribution >= 4 is 5.65 Å². The molecule has 2 heterocycles. The summed E-state index contributed by atoms with van der Waals surface area (Å²) >= 11 is 0. The summed E-state index contributed by atoms with van der Waals surface area (Å²) in [4.78, 5) is 4.38. The highest BCUT2D eigenvalue weighted by Crippen LogP contribution is 2.26. The van der Waals surface area contributed by atoms with Gasteiger partial charge in [0, 0.05) is 11.6 Å². The van der Waals surface area contributed by atoms with E-state index in [1.54, 1.807) is 22.8 Å². The van der Waals surface area contributed by atoms with Crippen LogP contribution in [0.1, 0.15) is 32.1 Å². The Morgan fingerprint density at radius 1 is 1.09 bits per heavy atom. The van der Waals surface area contributed by atoms with Crippen molar-refractivity contribution in [2.75, 3.05) is 0 Å². The second-order valence-corrected chi connectivity index (χ2v) is 6.01. The minimum absolute atomic E-state index is 0.229. The van der Waals surface area contributed by atoms with Crippen molar-refractivity contribution in [2.24, 2.45) is 0 Å². The fourth-order valence-electron chi connectivity index (χ4n) is 3.14. The van der Waals surface area contributed by atoms with Crippen molar-refractivity contribution in [1.82, 2.24) is 14.6 Å². The first-order valence-corrected chi connectivity index (χ1v) is 8.10. The molecule has 0 bridgehead atoms. The van der Waals surface area contributed by atoms with Crippen LogP contribution < -0.4 is 4.74 Å². The number of benzene rings is 1. The van der Waals surface area contributed by atoms with Gasteiger partial charge in [-0.25, -0.2) is 9.50 Å². The lowest BCUT2D eigenvalue weighted by Crippen LogP contribution is -2.20. The predicted molar refractivity (Wildman–Crippen MR) is 87.6 cm³/mol. The Labute approximate surface area is 134 Å². The van der Waals surface area contributed by atoms with Crippen LogP contribution in [-0.2, 0) is 0 Å². The van der Waals surface area contributed by atoms with Crippen LogP contribution in [0.2, 0.25) is 0 Å². The van der Waals surface area contributed by atoms with Gasteiger partial charge in [-0.3, -0.25) is 0 Å². The number of hydrogen-bond donors (Lipinski definition) is 1. The van der Waals surface area contributed by atoms with Crippen molar-refractivity contribution in [2.45, 2.75) is 38.2 Å². The smallest absolute Gasteiger partial charge is 0.232 e. The molecule has 0 radical (unpaired) electrons. The van der Waals surface area contributed by atoms with E-state index in [0.29, 0.717) is 5.88 Å². The second kappa shape index (κ2) is 5.91. The molecule has 4 rings (SSSR count).